The number of benzene rings is 3. The first-order valence-electron chi connectivity index (χ1n) is 9.73. The fourth-order valence-electron chi connectivity index (χ4n) is 4.46. The summed E-state index contributed by atoms with van der Waals surface area (Å²) in [4.78, 5) is 16.6. The average molecular weight is 395 g/mol. The summed E-state index contributed by atoms with van der Waals surface area (Å²) in [7, 11) is 1.64. The van der Waals surface area contributed by atoms with Gasteiger partial charge in [-0.05, 0) is 24.3 Å². The van der Waals surface area contributed by atoms with Gasteiger partial charge in [0.15, 0.2) is 5.75 Å². The lowest BCUT2D eigenvalue weighted by atomic mass is 9.82. The number of nitrogens with one attached hydrogen (secondary N) is 1. The maximum absolute atomic E-state index is 13.2. The third-order valence-corrected chi connectivity index (χ3v) is 5.74. The van der Waals surface area contributed by atoms with Crippen molar-refractivity contribution in [2.75, 3.05) is 7.11 Å². The van der Waals surface area contributed by atoms with Crippen molar-refractivity contribution in [3.05, 3.63) is 99.9 Å². The Bertz CT molecular complexity index is 1490. The van der Waals surface area contributed by atoms with Gasteiger partial charge in [0.25, 0.3) is 0 Å². The summed E-state index contributed by atoms with van der Waals surface area (Å²) in [5.74, 6) is 1.48. The summed E-state index contributed by atoms with van der Waals surface area (Å²) in [5, 5.41) is 1.76. The molecule has 5 heteroatoms. The fourth-order valence-corrected chi connectivity index (χ4v) is 4.46. The smallest absolute Gasteiger partial charge is 0.344 e. The van der Waals surface area contributed by atoms with E-state index >= 15 is 0 Å². The second kappa shape index (κ2) is 6.26. The minimum atomic E-state index is -0.407. The monoisotopic (exact) mass is 395 g/mol. The second-order valence-electron chi connectivity index (χ2n) is 7.32. The average Bonchev–Trinajstić information content (AvgIpc) is 3.16. The molecular weight excluding hydrogens is 378 g/mol. The lowest BCUT2D eigenvalue weighted by Gasteiger charge is -2.27. The Morgan fingerprint density at radius 3 is 2.47 bits per heavy atom. The Morgan fingerprint density at radius 2 is 1.60 bits per heavy atom. The number of rotatable bonds is 2. The molecule has 1 unspecified atom stereocenters. The predicted octanol–water partition coefficient (Wildman–Crippen LogP) is 5.57. The molecule has 1 N–H and O–H groups in total. The van der Waals surface area contributed by atoms with E-state index in [9.17, 15) is 4.79 Å². The van der Waals surface area contributed by atoms with Gasteiger partial charge in [0.2, 0.25) is 5.88 Å². The first-order valence-corrected chi connectivity index (χ1v) is 9.73. The van der Waals surface area contributed by atoms with Crippen molar-refractivity contribution in [3.63, 3.8) is 0 Å². The van der Waals surface area contributed by atoms with E-state index in [0.29, 0.717) is 28.5 Å². The van der Waals surface area contributed by atoms with Gasteiger partial charge in [0.05, 0.1) is 24.0 Å². The molecule has 0 bridgehead atoms. The SMILES string of the molecule is COc1ccccc1C1c2c(c3ccccc3oc2=O)Oc2[nH]c3ccccc3c21. The van der Waals surface area contributed by atoms with Crippen LogP contribution in [-0.2, 0) is 0 Å². The van der Waals surface area contributed by atoms with Crippen LogP contribution in [0.25, 0.3) is 21.9 Å². The number of H-pyrrole nitrogens is 1. The predicted molar refractivity (Wildman–Crippen MR) is 115 cm³/mol. The number of hydrogen-bond donors (Lipinski definition) is 1. The number of aromatic nitrogens is 1. The maximum Gasteiger partial charge on any atom is 0.344 e. The lowest BCUT2D eigenvalue weighted by Crippen LogP contribution is -2.20. The van der Waals surface area contributed by atoms with Crippen molar-refractivity contribution in [2.24, 2.45) is 0 Å². The number of para-hydroxylation sites is 3. The van der Waals surface area contributed by atoms with Gasteiger partial charge in [-0.1, -0.05) is 48.5 Å². The molecule has 0 saturated heterocycles. The van der Waals surface area contributed by atoms with Crippen molar-refractivity contribution in [2.45, 2.75) is 5.92 Å². The van der Waals surface area contributed by atoms with Crippen LogP contribution in [0.5, 0.6) is 17.4 Å². The normalized spacial score (nSPS) is 14.9. The Hall–Kier alpha value is -3.99. The highest BCUT2D eigenvalue weighted by Gasteiger charge is 2.37. The van der Waals surface area contributed by atoms with Gasteiger partial charge in [-0.3, -0.25) is 0 Å². The highest BCUT2D eigenvalue weighted by Crippen LogP contribution is 2.52. The van der Waals surface area contributed by atoms with Gasteiger partial charge >= 0.3 is 5.63 Å². The van der Waals surface area contributed by atoms with E-state index in [1.807, 2.05) is 66.7 Å². The van der Waals surface area contributed by atoms with Crippen LogP contribution in [0.15, 0.2) is 82.0 Å². The minimum absolute atomic E-state index is 0.392. The number of aromatic amines is 1. The fraction of sp³-hybridized carbons (Fsp3) is 0.0800. The van der Waals surface area contributed by atoms with Crippen LogP contribution in [0, 0.1) is 0 Å². The zero-order valence-corrected chi connectivity index (χ0v) is 16.1. The molecule has 2 aromatic heterocycles. The molecule has 0 saturated carbocycles. The number of ether oxygens (including phenoxy) is 2. The highest BCUT2D eigenvalue weighted by molar-refractivity contribution is 5.92. The third-order valence-electron chi connectivity index (χ3n) is 5.74. The molecular formula is C25H17NO4. The second-order valence-corrected chi connectivity index (χ2v) is 7.32. The molecule has 1 aliphatic heterocycles. The van der Waals surface area contributed by atoms with Gasteiger partial charge in [-0.25, -0.2) is 4.79 Å². The van der Waals surface area contributed by atoms with Gasteiger partial charge < -0.3 is 18.9 Å². The summed E-state index contributed by atoms with van der Waals surface area (Å²) in [6.07, 6.45) is 0. The number of hydrogen-bond acceptors (Lipinski definition) is 4. The third kappa shape index (κ3) is 2.26. The van der Waals surface area contributed by atoms with Crippen LogP contribution in [-0.4, -0.2) is 12.1 Å². The molecule has 3 aromatic carbocycles. The molecule has 0 fully saturated rings. The molecule has 6 rings (SSSR count). The number of fused-ring (bicyclic) bond motifs is 6. The van der Waals surface area contributed by atoms with Gasteiger partial charge in [0.1, 0.15) is 11.3 Å². The molecule has 30 heavy (non-hydrogen) atoms. The van der Waals surface area contributed by atoms with Gasteiger partial charge in [0, 0.05) is 22.0 Å². The Kier molecular flexibility index (Phi) is 3.53. The standard InChI is InChI=1S/C25H17NO4/c1-28-18-12-6-3-9-15(18)20-21-14-8-2-5-11-17(14)26-24(21)30-23-16-10-4-7-13-19(16)29-25(27)22(20)23/h2-13,20,26H,1H3. The Balaban J connectivity index is 1.77. The molecule has 5 aromatic rings. The van der Waals surface area contributed by atoms with Gasteiger partial charge in [-0.2, -0.15) is 0 Å². The van der Waals surface area contributed by atoms with Crippen LogP contribution in [0.2, 0.25) is 0 Å². The molecule has 3 heterocycles. The molecule has 146 valence electrons. The molecule has 1 aliphatic rings. The molecule has 0 spiro atoms. The molecule has 0 amide bonds. The van der Waals surface area contributed by atoms with Crippen molar-refractivity contribution < 1.29 is 13.9 Å². The van der Waals surface area contributed by atoms with E-state index in [-0.39, 0.29) is 0 Å². The Labute approximate surface area is 171 Å². The van der Waals surface area contributed by atoms with E-state index in [0.717, 1.165) is 27.4 Å². The molecule has 0 radical (unpaired) electrons. The van der Waals surface area contributed by atoms with E-state index in [1.54, 1.807) is 13.2 Å². The summed E-state index contributed by atoms with van der Waals surface area (Å²) in [6, 6.07) is 23.2. The molecule has 5 nitrogen and oxygen atoms in total. The first-order chi connectivity index (χ1) is 14.8. The van der Waals surface area contributed by atoms with E-state index in [1.165, 1.54) is 0 Å². The van der Waals surface area contributed by atoms with Gasteiger partial charge in [-0.15, -0.1) is 0 Å². The van der Waals surface area contributed by atoms with Crippen LogP contribution in [0.4, 0.5) is 0 Å². The largest absolute Gasteiger partial charge is 0.496 e. The van der Waals surface area contributed by atoms with Crippen molar-refractivity contribution in [1.29, 1.82) is 0 Å². The van der Waals surface area contributed by atoms with E-state index in [4.69, 9.17) is 13.9 Å². The van der Waals surface area contributed by atoms with Crippen LogP contribution < -0.4 is 15.1 Å². The topological polar surface area (TPSA) is 64.5 Å². The summed E-state index contributed by atoms with van der Waals surface area (Å²) >= 11 is 0. The van der Waals surface area contributed by atoms with Crippen molar-refractivity contribution in [3.8, 4) is 17.4 Å². The minimum Gasteiger partial charge on any atom is -0.496 e. The van der Waals surface area contributed by atoms with Crippen molar-refractivity contribution in [1.82, 2.24) is 4.98 Å². The van der Waals surface area contributed by atoms with Crippen LogP contribution in [0.3, 0.4) is 0 Å². The van der Waals surface area contributed by atoms with Crippen LogP contribution in [0.1, 0.15) is 22.6 Å². The summed E-state index contributed by atoms with van der Waals surface area (Å²) in [6.45, 7) is 0. The van der Waals surface area contributed by atoms with E-state index < -0.39 is 11.5 Å². The highest BCUT2D eigenvalue weighted by atomic mass is 16.5. The van der Waals surface area contributed by atoms with E-state index in [2.05, 4.69) is 4.98 Å². The first kappa shape index (κ1) is 16.9. The lowest BCUT2D eigenvalue weighted by molar-refractivity contribution is 0.402. The quantitative estimate of drug-likeness (QED) is 0.389. The maximum atomic E-state index is 13.2. The zero-order valence-electron chi connectivity index (χ0n) is 16.1. The Morgan fingerprint density at radius 1 is 0.867 bits per heavy atom. The zero-order chi connectivity index (χ0) is 20.2. The molecule has 1 atom stereocenters. The molecule has 0 aliphatic carbocycles. The van der Waals surface area contributed by atoms with Crippen LogP contribution >= 0.6 is 0 Å². The summed E-state index contributed by atoms with van der Waals surface area (Å²) < 4.78 is 17.7. The van der Waals surface area contributed by atoms with Crippen molar-refractivity contribution >= 4 is 21.9 Å². The summed E-state index contributed by atoms with van der Waals surface area (Å²) in [5.41, 5.74) is 3.32. The number of methoxy groups -OCH3 is 1.